The number of nitrogens with one attached hydrogen (secondary N) is 1. The van der Waals surface area contributed by atoms with Gasteiger partial charge in [-0.15, -0.1) is 5.10 Å². The second-order valence-corrected chi connectivity index (χ2v) is 7.46. The minimum absolute atomic E-state index is 0.669. The van der Waals surface area contributed by atoms with Crippen LogP contribution >= 0.6 is 0 Å². The third kappa shape index (κ3) is 3.50. The average molecular weight is 397 g/mol. The third-order valence-corrected chi connectivity index (χ3v) is 5.17. The molecule has 7 heteroatoms. The normalized spacial score (nSPS) is 11.4. The molecule has 0 aliphatic heterocycles. The van der Waals surface area contributed by atoms with E-state index < -0.39 is 0 Å². The highest BCUT2D eigenvalue weighted by Gasteiger charge is 2.14. The number of fused-ring (bicyclic) bond motifs is 3. The summed E-state index contributed by atoms with van der Waals surface area (Å²) in [6.07, 6.45) is 0.704. The van der Waals surface area contributed by atoms with Crippen molar-refractivity contribution in [1.29, 1.82) is 0 Å². The summed E-state index contributed by atoms with van der Waals surface area (Å²) in [5, 5.41) is 13.7. The Morgan fingerprint density at radius 2 is 1.70 bits per heavy atom. The van der Waals surface area contributed by atoms with Crippen LogP contribution in [0, 0.1) is 13.8 Å². The van der Waals surface area contributed by atoms with Crippen LogP contribution in [0.15, 0.2) is 60.7 Å². The number of hydrogen-bond acceptors (Lipinski definition) is 5. The number of anilines is 1. The first kappa shape index (κ1) is 18.3. The van der Waals surface area contributed by atoms with Gasteiger partial charge < -0.3 is 5.32 Å². The molecule has 5 rings (SSSR count). The SMILES string of the molecule is Cc1cc(C)n(CCc2nc3c4ccccc4nc(NCc4ccccc4)n3n2)n1. The Kier molecular flexibility index (Phi) is 4.63. The fourth-order valence-electron chi connectivity index (χ4n) is 3.70. The molecule has 3 aromatic heterocycles. The molecule has 0 bridgehead atoms. The van der Waals surface area contributed by atoms with Crippen LogP contribution in [0.5, 0.6) is 0 Å². The lowest BCUT2D eigenvalue weighted by Crippen LogP contribution is -2.08. The van der Waals surface area contributed by atoms with Crippen LogP contribution in [0.2, 0.25) is 0 Å². The molecule has 2 aromatic carbocycles. The van der Waals surface area contributed by atoms with Crippen molar-refractivity contribution >= 4 is 22.5 Å². The predicted molar refractivity (Wildman–Crippen MR) is 117 cm³/mol. The van der Waals surface area contributed by atoms with Crippen LogP contribution in [-0.4, -0.2) is 29.4 Å². The Labute approximate surface area is 174 Å². The molecule has 0 saturated carbocycles. The highest BCUT2D eigenvalue weighted by molar-refractivity contribution is 5.92. The fourth-order valence-corrected chi connectivity index (χ4v) is 3.70. The van der Waals surface area contributed by atoms with Gasteiger partial charge in [-0.3, -0.25) is 4.68 Å². The van der Waals surface area contributed by atoms with Gasteiger partial charge in [0.1, 0.15) is 0 Å². The van der Waals surface area contributed by atoms with Gasteiger partial charge in [0.25, 0.3) is 0 Å². The first-order chi connectivity index (χ1) is 14.7. The van der Waals surface area contributed by atoms with E-state index >= 15 is 0 Å². The molecule has 0 spiro atoms. The Morgan fingerprint density at radius 1 is 0.900 bits per heavy atom. The molecular formula is C23H23N7. The van der Waals surface area contributed by atoms with Crippen molar-refractivity contribution in [2.24, 2.45) is 0 Å². The molecule has 0 amide bonds. The maximum atomic E-state index is 4.84. The molecule has 0 radical (unpaired) electrons. The van der Waals surface area contributed by atoms with Gasteiger partial charge in [-0.25, -0.2) is 9.97 Å². The highest BCUT2D eigenvalue weighted by atomic mass is 15.4. The molecule has 5 aromatic rings. The Bertz CT molecular complexity index is 1320. The van der Waals surface area contributed by atoms with Crippen LogP contribution in [0.3, 0.4) is 0 Å². The molecule has 30 heavy (non-hydrogen) atoms. The first-order valence-corrected chi connectivity index (χ1v) is 10.1. The molecule has 3 heterocycles. The van der Waals surface area contributed by atoms with Crippen molar-refractivity contribution in [3.63, 3.8) is 0 Å². The number of aromatic nitrogens is 6. The van der Waals surface area contributed by atoms with E-state index in [4.69, 9.17) is 15.1 Å². The molecular weight excluding hydrogens is 374 g/mol. The average Bonchev–Trinajstić information content (AvgIpc) is 3.34. The highest BCUT2D eigenvalue weighted by Crippen LogP contribution is 2.21. The van der Waals surface area contributed by atoms with Crippen LogP contribution in [0.4, 0.5) is 5.95 Å². The third-order valence-electron chi connectivity index (χ3n) is 5.17. The summed E-state index contributed by atoms with van der Waals surface area (Å²) < 4.78 is 3.83. The van der Waals surface area contributed by atoms with Crippen molar-refractivity contribution in [1.82, 2.24) is 29.4 Å². The van der Waals surface area contributed by atoms with Gasteiger partial charge in [-0.2, -0.15) is 9.61 Å². The molecule has 0 atom stereocenters. The van der Waals surface area contributed by atoms with Gasteiger partial charge in [0, 0.05) is 30.6 Å². The lowest BCUT2D eigenvalue weighted by Gasteiger charge is -2.09. The Morgan fingerprint density at radius 3 is 2.50 bits per heavy atom. The molecule has 150 valence electrons. The van der Waals surface area contributed by atoms with Gasteiger partial charge in [0.2, 0.25) is 5.95 Å². The smallest absolute Gasteiger partial charge is 0.226 e. The van der Waals surface area contributed by atoms with E-state index in [0.717, 1.165) is 40.3 Å². The van der Waals surface area contributed by atoms with Crippen molar-refractivity contribution in [3.8, 4) is 0 Å². The van der Waals surface area contributed by atoms with Gasteiger partial charge in [0.05, 0.1) is 11.2 Å². The standard InChI is InChI=1S/C23H23N7/c1-16-14-17(2)29(27-16)13-12-21-26-22-19-10-6-7-11-20(19)25-23(30(22)28-21)24-15-18-8-4-3-5-9-18/h3-11,14H,12-13,15H2,1-2H3,(H,24,25). The summed E-state index contributed by atoms with van der Waals surface area (Å²) >= 11 is 0. The zero-order valence-electron chi connectivity index (χ0n) is 17.1. The largest absolute Gasteiger partial charge is 0.350 e. The molecule has 1 N–H and O–H groups in total. The fraction of sp³-hybridized carbons (Fsp3) is 0.217. The van der Waals surface area contributed by atoms with Gasteiger partial charge in [-0.1, -0.05) is 42.5 Å². The summed E-state index contributed by atoms with van der Waals surface area (Å²) in [5.74, 6) is 1.47. The van der Waals surface area contributed by atoms with E-state index in [1.54, 1.807) is 0 Å². The summed E-state index contributed by atoms with van der Waals surface area (Å²) in [4.78, 5) is 9.64. The van der Waals surface area contributed by atoms with E-state index in [-0.39, 0.29) is 0 Å². The van der Waals surface area contributed by atoms with E-state index in [2.05, 4.69) is 35.5 Å². The molecule has 0 aliphatic carbocycles. The number of hydrogen-bond donors (Lipinski definition) is 1. The monoisotopic (exact) mass is 397 g/mol. The summed E-state index contributed by atoms with van der Waals surface area (Å²) in [6.45, 7) is 5.49. The second-order valence-electron chi connectivity index (χ2n) is 7.46. The maximum Gasteiger partial charge on any atom is 0.226 e. The minimum Gasteiger partial charge on any atom is -0.350 e. The number of benzene rings is 2. The lowest BCUT2D eigenvalue weighted by molar-refractivity contribution is 0.581. The van der Waals surface area contributed by atoms with Crippen molar-refractivity contribution < 1.29 is 0 Å². The summed E-state index contributed by atoms with van der Waals surface area (Å²) in [6, 6.07) is 20.4. The van der Waals surface area contributed by atoms with Crippen molar-refractivity contribution in [2.75, 3.05) is 5.32 Å². The van der Waals surface area contributed by atoms with Crippen LogP contribution in [0.25, 0.3) is 16.6 Å². The summed E-state index contributed by atoms with van der Waals surface area (Å²) in [5.41, 5.74) is 5.08. The predicted octanol–water partition coefficient (Wildman–Crippen LogP) is 3.95. The van der Waals surface area contributed by atoms with E-state index in [1.807, 2.05) is 58.6 Å². The first-order valence-electron chi connectivity index (χ1n) is 10.1. The number of nitrogens with zero attached hydrogens (tertiary/aromatic N) is 6. The quantitative estimate of drug-likeness (QED) is 0.470. The van der Waals surface area contributed by atoms with Gasteiger partial charge in [-0.05, 0) is 37.6 Å². The minimum atomic E-state index is 0.669. The zero-order valence-corrected chi connectivity index (χ0v) is 17.1. The summed E-state index contributed by atoms with van der Waals surface area (Å²) in [7, 11) is 0. The van der Waals surface area contributed by atoms with Crippen LogP contribution in [-0.2, 0) is 19.5 Å². The Balaban J connectivity index is 1.49. The van der Waals surface area contributed by atoms with Gasteiger partial charge >= 0.3 is 0 Å². The zero-order chi connectivity index (χ0) is 20.5. The van der Waals surface area contributed by atoms with Gasteiger partial charge in [0.15, 0.2) is 11.5 Å². The molecule has 0 unspecified atom stereocenters. The molecule has 7 nitrogen and oxygen atoms in total. The maximum absolute atomic E-state index is 4.84. The molecule has 0 saturated heterocycles. The van der Waals surface area contributed by atoms with Crippen LogP contribution < -0.4 is 5.32 Å². The van der Waals surface area contributed by atoms with Crippen molar-refractivity contribution in [3.05, 3.63) is 83.4 Å². The van der Waals surface area contributed by atoms with E-state index in [9.17, 15) is 0 Å². The molecule has 0 aliphatic rings. The Hall–Kier alpha value is -3.74. The molecule has 0 fully saturated rings. The number of para-hydroxylation sites is 1. The second kappa shape index (κ2) is 7.59. The van der Waals surface area contributed by atoms with E-state index in [0.29, 0.717) is 18.9 Å². The number of aryl methyl sites for hydroxylation is 4. The number of rotatable bonds is 6. The van der Waals surface area contributed by atoms with Crippen molar-refractivity contribution in [2.45, 2.75) is 33.4 Å². The van der Waals surface area contributed by atoms with E-state index in [1.165, 1.54) is 5.56 Å². The topological polar surface area (TPSA) is 72.9 Å². The van der Waals surface area contributed by atoms with Crippen LogP contribution in [0.1, 0.15) is 22.8 Å². The lowest BCUT2D eigenvalue weighted by atomic mass is 10.2.